The summed E-state index contributed by atoms with van der Waals surface area (Å²) in [5, 5.41) is 13.1. The van der Waals surface area contributed by atoms with Crippen LogP contribution in [0.5, 0.6) is 0 Å². The molecule has 0 radical (unpaired) electrons. The number of hydrogen-bond donors (Lipinski definition) is 2. The van der Waals surface area contributed by atoms with Crippen LogP contribution in [0.3, 0.4) is 0 Å². The number of halogens is 3. The van der Waals surface area contributed by atoms with Crippen LogP contribution in [-0.2, 0) is 7.05 Å². The number of carboxylic acids is 1. The molecule has 0 amide bonds. The van der Waals surface area contributed by atoms with Crippen molar-refractivity contribution < 1.29 is 23.1 Å². The molecule has 1 aliphatic rings. The normalized spacial score (nSPS) is 15.9. The molecule has 0 aliphatic carbocycles. The number of alkyl halides is 3. The number of hydrogen-bond acceptors (Lipinski definition) is 5. The largest absolute Gasteiger partial charge is 0.478 e. The maximum absolute atomic E-state index is 13.3. The van der Waals surface area contributed by atoms with Crippen molar-refractivity contribution in [1.82, 2.24) is 9.55 Å². The fraction of sp³-hybridized carbons (Fsp3) is 0.400. The lowest BCUT2D eigenvalue weighted by Crippen LogP contribution is -2.41. The zero-order valence-electron chi connectivity index (χ0n) is 19.7. The van der Waals surface area contributed by atoms with Gasteiger partial charge in [-0.25, -0.2) is 9.78 Å². The Hall–Kier alpha value is -3.56. The van der Waals surface area contributed by atoms with Crippen molar-refractivity contribution >= 4 is 28.5 Å². The molecule has 186 valence electrons. The van der Waals surface area contributed by atoms with E-state index >= 15 is 0 Å². The molecule has 0 unspecified atom stereocenters. The second-order valence-corrected chi connectivity index (χ2v) is 9.05. The Morgan fingerprint density at radius 1 is 1.20 bits per heavy atom. The van der Waals surface area contributed by atoms with Crippen LogP contribution in [0.15, 0.2) is 41.2 Å². The van der Waals surface area contributed by atoms with E-state index in [1.54, 1.807) is 36.2 Å². The van der Waals surface area contributed by atoms with Crippen molar-refractivity contribution in [3.63, 3.8) is 0 Å². The number of fused-ring (bicyclic) bond motifs is 1. The maximum Gasteiger partial charge on any atom is 0.391 e. The number of para-hydroxylation sites is 1. The Morgan fingerprint density at radius 2 is 1.86 bits per heavy atom. The number of nitrogens with one attached hydrogen (secondary N) is 1. The Balaban J connectivity index is 1.75. The standard InChI is InChI=1S/C25H27F3N4O3/c1-14-12-18(15(2)29-20-7-5-4-6-17(20)23(34)35)21-19(13-14)22(33)31(3)24(30-21)32-10-8-16(9-11-32)25(26,27)28/h4-7,12-13,15-16,29H,8-11H2,1-3H3,(H,34,35)/t15-/m1/s1. The average Bonchev–Trinajstić information content (AvgIpc) is 2.81. The van der Waals surface area contributed by atoms with E-state index in [0.717, 1.165) is 5.56 Å². The number of carbonyl (C=O) groups is 1. The van der Waals surface area contributed by atoms with Gasteiger partial charge in [-0.3, -0.25) is 9.36 Å². The first-order valence-corrected chi connectivity index (χ1v) is 11.4. The van der Waals surface area contributed by atoms with Crippen molar-refractivity contribution in [2.24, 2.45) is 13.0 Å². The van der Waals surface area contributed by atoms with Gasteiger partial charge in [-0.15, -0.1) is 0 Å². The van der Waals surface area contributed by atoms with Crippen molar-refractivity contribution in [2.45, 2.75) is 38.9 Å². The molecule has 0 saturated carbocycles. The van der Waals surface area contributed by atoms with Gasteiger partial charge in [-0.1, -0.05) is 18.2 Å². The number of aromatic carboxylic acids is 1. The van der Waals surface area contributed by atoms with Crippen LogP contribution < -0.4 is 15.8 Å². The van der Waals surface area contributed by atoms with Crippen molar-refractivity contribution in [3.8, 4) is 0 Å². The molecule has 2 N–H and O–H groups in total. The third-order valence-corrected chi connectivity index (χ3v) is 6.57. The van der Waals surface area contributed by atoms with Crippen LogP contribution in [0.1, 0.15) is 47.3 Å². The Morgan fingerprint density at radius 3 is 2.49 bits per heavy atom. The molecule has 2 aromatic carbocycles. The first kappa shape index (κ1) is 24.6. The Labute approximate surface area is 200 Å². The third-order valence-electron chi connectivity index (χ3n) is 6.57. The molecule has 1 saturated heterocycles. The van der Waals surface area contributed by atoms with Crippen molar-refractivity contribution in [2.75, 3.05) is 23.3 Å². The van der Waals surface area contributed by atoms with Gasteiger partial charge in [0, 0.05) is 31.4 Å². The summed E-state index contributed by atoms with van der Waals surface area (Å²) in [6.07, 6.45) is -4.34. The van der Waals surface area contributed by atoms with E-state index in [0.29, 0.717) is 28.1 Å². The summed E-state index contributed by atoms with van der Waals surface area (Å²) < 4.78 is 40.8. The molecule has 3 aromatic rings. The Bertz CT molecular complexity index is 1330. The van der Waals surface area contributed by atoms with E-state index in [4.69, 9.17) is 4.98 Å². The highest BCUT2D eigenvalue weighted by atomic mass is 19.4. The van der Waals surface area contributed by atoms with Gasteiger partial charge in [-0.2, -0.15) is 13.2 Å². The SMILES string of the molecule is Cc1cc([C@@H](C)Nc2ccccc2C(=O)O)c2nc(N3CCC(C(F)(F)F)CC3)n(C)c(=O)c2c1. The van der Waals surface area contributed by atoms with E-state index in [1.165, 1.54) is 10.6 Å². The molecule has 4 rings (SSSR count). The maximum atomic E-state index is 13.3. The number of benzene rings is 2. The highest BCUT2D eigenvalue weighted by Crippen LogP contribution is 2.35. The van der Waals surface area contributed by atoms with Crippen LogP contribution in [0.25, 0.3) is 10.9 Å². The molecule has 7 nitrogen and oxygen atoms in total. The molecule has 1 fully saturated rings. The summed E-state index contributed by atoms with van der Waals surface area (Å²) >= 11 is 0. The summed E-state index contributed by atoms with van der Waals surface area (Å²) in [5.74, 6) is -2.09. The van der Waals surface area contributed by atoms with Gasteiger partial charge < -0.3 is 15.3 Å². The first-order chi connectivity index (χ1) is 16.5. The minimum Gasteiger partial charge on any atom is -0.478 e. The third kappa shape index (κ3) is 4.82. The van der Waals surface area contributed by atoms with Crippen molar-refractivity contribution in [1.29, 1.82) is 0 Å². The lowest BCUT2D eigenvalue weighted by Gasteiger charge is -2.34. The van der Waals surface area contributed by atoms with E-state index in [2.05, 4.69) is 5.32 Å². The second-order valence-electron chi connectivity index (χ2n) is 9.05. The number of piperidine rings is 1. The predicted molar refractivity (Wildman–Crippen MR) is 128 cm³/mol. The molecule has 1 atom stereocenters. The van der Waals surface area contributed by atoms with Gasteiger partial charge in [0.25, 0.3) is 5.56 Å². The summed E-state index contributed by atoms with van der Waals surface area (Å²) in [5.41, 5.74) is 2.24. The molecule has 10 heteroatoms. The fourth-order valence-corrected chi connectivity index (χ4v) is 4.67. The summed E-state index contributed by atoms with van der Waals surface area (Å²) in [6.45, 7) is 4.00. The number of nitrogens with zero attached hydrogens (tertiary/aromatic N) is 3. The van der Waals surface area contributed by atoms with E-state index in [1.807, 2.05) is 19.9 Å². The first-order valence-electron chi connectivity index (χ1n) is 11.4. The number of aromatic nitrogens is 2. The number of rotatable bonds is 5. The van der Waals surface area contributed by atoms with Gasteiger partial charge in [0.1, 0.15) is 0 Å². The van der Waals surface area contributed by atoms with Gasteiger partial charge in [0.05, 0.1) is 28.4 Å². The van der Waals surface area contributed by atoms with E-state index in [-0.39, 0.29) is 37.1 Å². The summed E-state index contributed by atoms with van der Waals surface area (Å²) in [6, 6.07) is 9.76. The molecule has 0 spiro atoms. The van der Waals surface area contributed by atoms with Crippen molar-refractivity contribution in [3.05, 3.63) is 63.4 Å². The molecule has 1 aromatic heterocycles. The van der Waals surface area contributed by atoms with Gasteiger partial charge >= 0.3 is 12.1 Å². The van der Waals surface area contributed by atoms with Crippen LogP contribution in [0, 0.1) is 12.8 Å². The molecule has 35 heavy (non-hydrogen) atoms. The molecular formula is C25H27F3N4O3. The number of carboxylic acid groups (broad SMARTS) is 1. The van der Waals surface area contributed by atoms with Crippen LogP contribution in [0.4, 0.5) is 24.8 Å². The van der Waals surface area contributed by atoms with Gasteiger partial charge in [0.2, 0.25) is 5.95 Å². The van der Waals surface area contributed by atoms with E-state index in [9.17, 15) is 27.9 Å². The van der Waals surface area contributed by atoms with Crippen LogP contribution in [-0.4, -0.2) is 39.9 Å². The van der Waals surface area contributed by atoms with Gasteiger partial charge in [0.15, 0.2) is 0 Å². The zero-order chi connectivity index (χ0) is 25.5. The van der Waals surface area contributed by atoms with Crippen LogP contribution >= 0.6 is 0 Å². The van der Waals surface area contributed by atoms with E-state index < -0.39 is 24.1 Å². The second kappa shape index (κ2) is 9.24. The molecule has 2 heterocycles. The highest BCUT2D eigenvalue weighted by Gasteiger charge is 2.41. The monoisotopic (exact) mass is 488 g/mol. The predicted octanol–water partition coefficient (Wildman–Crippen LogP) is 4.89. The molecule has 1 aliphatic heterocycles. The zero-order valence-corrected chi connectivity index (χ0v) is 19.7. The highest BCUT2D eigenvalue weighted by molar-refractivity contribution is 5.94. The quantitative estimate of drug-likeness (QED) is 0.532. The summed E-state index contributed by atoms with van der Waals surface area (Å²) in [7, 11) is 1.58. The summed E-state index contributed by atoms with van der Waals surface area (Å²) in [4.78, 5) is 31.4. The molecular weight excluding hydrogens is 461 g/mol. The number of anilines is 2. The molecule has 0 bridgehead atoms. The fourth-order valence-electron chi connectivity index (χ4n) is 4.67. The smallest absolute Gasteiger partial charge is 0.391 e. The topological polar surface area (TPSA) is 87.5 Å². The van der Waals surface area contributed by atoms with Crippen LogP contribution in [0.2, 0.25) is 0 Å². The lowest BCUT2D eigenvalue weighted by molar-refractivity contribution is -0.179. The minimum absolute atomic E-state index is 0.0535. The average molecular weight is 489 g/mol. The van der Waals surface area contributed by atoms with Gasteiger partial charge in [-0.05, 0) is 50.5 Å². The number of aryl methyl sites for hydroxylation is 1. The Kier molecular flexibility index (Phi) is 6.48. The lowest BCUT2D eigenvalue weighted by atomic mass is 9.96. The minimum atomic E-state index is -4.23.